The lowest BCUT2D eigenvalue weighted by Gasteiger charge is -2.29. The Kier molecular flexibility index (Phi) is 4.13. The van der Waals surface area contributed by atoms with Gasteiger partial charge in [0.05, 0.1) is 5.71 Å². The summed E-state index contributed by atoms with van der Waals surface area (Å²) >= 11 is 0. The molecule has 3 nitrogen and oxygen atoms in total. The van der Waals surface area contributed by atoms with Gasteiger partial charge in [-0.05, 0) is 12.5 Å². The van der Waals surface area contributed by atoms with Gasteiger partial charge < -0.3 is 4.84 Å². The van der Waals surface area contributed by atoms with Crippen molar-refractivity contribution < 1.29 is 9.63 Å². The van der Waals surface area contributed by atoms with Crippen LogP contribution in [0.25, 0.3) is 0 Å². The smallest absolute Gasteiger partial charge is 0.194 e. The molecule has 0 spiro atoms. The van der Waals surface area contributed by atoms with E-state index < -0.39 is 5.60 Å². The molecule has 0 saturated carbocycles. The minimum Gasteiger partial charge on any atom is -0.379 e. The topological polar surface area (TPSA) is 38.7 Å². The predicted molar refractivity (Wildman–Crippen MR) is 102 cm³/mol. The molecule has 1 aliphatic rings. The van der Waals surface area contributed by atoms with Crippen LogP contribution in [-0.4, -0.2) is 11.5 Å². The van der Waals surface area contributed by atoms with E-state index >= 15 is 0 Å². The molecule has 0 radical (unpaired) electrons. The Bertz CT molecular complexity index is 964. The minimum absolute atomic E-state index is 0.0210. The van der Waals surface area contributed by atoms with E-state index in [1.54, 1.807) is 6.92 Å². The van der Waals surface area contributed by atoms with E-state index in [1.165, 1.54) is 0 Å². The Hall–Kier alpha value is -3.20. The molecule has 1 heterocycles. The van der Waals surface area contributed by atoms with E-state index in [0.29, 0.717) is 12.0 Å². The van der Waals surface area contributed by atoms with E-state index in [-0.39, 0.29) is 5.78 Å². The number of carbonyl (C=O) groups excluding carboxylic acids is 1. The molecule has 1 atom stereocenters. The summed E-state index contributed by atoms with van der Waals surface area (Å²) in [6.45, 7) is 1.59. The largest absolute Gasteiger partial charge is 0.379 e. The van der Waals surface area contributed by atoms with Crippen LogP contribution >= 0.6 is 0 Å². The summed E-state index contributed by atoms with van der Waals surface area (Å²) in [6.07, 6.45) is 0.575. The lowest BCUT2D eigenvalue weighted by molar-refractivity contribution is 0.0106. The molecule has 3 heteroatoms. The number of oxime groups is 1. The van der Waals surface area contributed by atoms with Crippen LogP contribution in [0.15, 0.2) is 90.1 Å². The highest BCUT2D eigenvalue weighted by Gasteiger charge is 2.44. The first kappa shape index (κ1) is 16.3. The summed E-state index contributed by atoms with van der Waals surface area (Å²) in [5.74, 6) is 0.0210. The summed E-state index contributed by atoms with van der Waals surface area (Å²) in [6, 6.07) is 27.7. The fraction of sp³-hybridized carbons (Fsp3) is 0.130. The monoisotopic (exact) mass is 341 g/mol. The van der Waals surface area contributed by atoms with Gasteiger partial charge in [-0.15, -0.1) is 0 Å². The van der Waals surface area contributed by atoms with Gasteiger partial charge in [0.1, 0.15) is 0 Å². The number of Topliss-reactive ketones (excluding diaryl/α,β-unsaturated/α-hetero) is 1. The van der Waals surface area contributed by atoms with E-state index in [1.807, 2.05) is 84.9 Å². The average molecular weight is 341 g/mol. The van der Waals surface area contributed by atoms with Crippen LogP contribution in [0.3, 0.4) is 0 Å². The van der Waals surface area contributed by atoms with E-state index in [2.05, 4.69) is 5.16 Å². The van der Waals surface area contributed by atoms with Crippen LogP contribution in [0.5, 0.6) is 0 Å². The van der Waals surface area contributed by atoms with Gasteiger partial charge in [-0.3, -0.25) is 4.79 Å². The van der Waals surface area contributed by atoms with Crippen molar-refractivity contribution in [1.82, 2.24) is 0 Å². The second-order valence-corrected chi connectivity index (χ2v) is 6.47. The number of carbonyl (C=O) groups is 1. The number of benzene rings is 3. The molecule has 0 N–H and O–H groups in total. The normalized spacial score (nSPS) is 18.9. The molecule has 0 fully saturated rings. The molecule has 26 heavy (non-hydrogen) atoms. The first-order valence-corrected chi connectivity index (χ1v) is 8.67. The quantitative estimate of drug-likeness (QED) is 0.629. The van der Waals surface area contributed by atoms with Crippen LogP contribution in [0, 0.1) is 0 Å². The van der Waals surface area contributed by atoms with Crippen molar-refractivity contribution in [3.63, 3.8) is 0 Å². The predicted octanol–water partition coefficient (Wildman–Crippen LogP) is 4.96. The average Bonchev–Trinajstić information content (AvgIpc) is 3.16. The van der Waals surface area contributed by atoms with Crippen molar-refractivity contribution in [2.45, 2.75) is 18.9 Å². The van der Waals surface area contributed by atoms with Gasteiger partial charge in [0, 0.05) is 23.1 Å². The highest BCUT2D eigenvalue weighted by Crippen LogP contribution is 2.43. The number of ketones is 1. The molecule has 1 aliphatic heterocycles. The van der Waals surface area contributed by atoms with Crippen molar-refractivity contribution >= 4 is 11.5 Å². The van der Waals surface area contributed by atoms with Crippen molar-refractivity contribution in [2.75, 3.05) is 0 Å². The van der Waals surface area contributed by atoms with Crippen molar-refractivity contribution in [1.29, 1.82) is 0 Å². The highest BCUT2D eigenvalue weighted by molar-refractivity contribution is 6.03. The Morgan fingerprint density at radius 1 is 0.885 bits per heavy atom. The molecule has 0 amide bonds. The summed E-state index contributed by atoms with van der Waals surface area (Å²) in [5.41, 5.74) is 3.63. The maximum Gasteiger partial charge on any atom is 0.194 e. The zero-order valence-electron chi connectivity index (χ0n) is 14.6. The van der Waals surface area contributed by atoms with Crippen LogP contribution < -0.4 is 0 Å². The molecule has 0 bridgehead atoms. The highest BCUT2D eigenvalue weighted by atomic mass is 16.7. The van der Waals surface area contributed by atoms with Gasteiger partial charge >= 0.3 is 0 Å². The van der Waals surface area contributed by atoms with Crippen LogP contribution in [0.2, 0.25) is 0 Å². The summed E-state index contributed by atoms with van der Waals surface area (Å²) in [5, 5.41) is 4.42. The fourth-order valence-electron chi connectivity index (χ4n) is 3.52. The van der Waals surface area contributed by atoms with Crippen molar-refractivity contribution in [2.24, 2.45) is 5.16 Å². The van der Waals surface area contributed by atoms with Crippen LogP contribution in [0.1, 0.15) is 40.4 Å². The third-order valence-electron chi connectivity index (χ3n) is 4.82. The molecule has 4 rings (SSSR count). The molecule has 3 aromatic carbocycles. The molecular weight excluding hydrogens is 322 g/mol. The van der Waals surface area contributed by atoms with Crippen LogP contribution in [0.4, 0.5) is 0 Å². The van der Waals surface area contributed by atoms with E-state index in [0.717, 1.165) is 22.4 Å². The molecular formula is C23H19NO2. The first-order valence-electron chi connectivity index (χ1n) is 8.67. The van der Waals surface area contributed by atoms with E-state index in [9.17, 15) is 4.79 Å². The SMILES string of the molecule is CC(=O)c1ccccc1C1(c2ccccc2)CC(c2ccccc2)=NO1. The summed E-state index contributed by atoms with van der Waals surface area (Å²) in [4.78, 5) is 18.4. The van der Waals surface area contributed by atoms with Gasteiger partial charge in [-0.1, -0.05) is 90.1 Å². The number of hydrogen-bond acceptors (Lipinski definition) is 3. The third-order valence-corrected chi connectivity index (χ3v) is 4.82. The first-order chi connectivity index (χ1) is 12.7. The maximum atomic E-state index is 12.3. The fourth-order valence-corrected chi connectivity index (χ4v) is 3.52. The lowest BCUT2D eigenvalue weighted by Crippen LogP contribution is -2.30. The standard InChI is InChI=1S/C23H19NO2/c1-17(25)20-14-8-9-15-21(20)23(19-12-6-3-7-13-19)16-22(24-26-23)18-10-4-2-5-11-18/h2-15H,16H2,1H3. The Balaban J connectivity index is 1.86. The molecule has 3 aromatic rings. The molecule has 1 unspecified atom stereocenters. The minimum atomic E-state index is -0.797. The zero-order valence-corrected chi connectivity index (χ0v) is 14.6. The Morgan fingerprint density at radius 2 is 1.50 bits per heavy atom. The number of nitrogens with zero attached hydrogens (tertiary/aromatic N) is 1. The number of hydrogen-bond donors (Lipinski definition) is 0. The van der Waals surface area contributed by atoms with Gasteiger partial charge in [0.2, 0.25) is 0 Å². The van der Waals surface area contributed by atoms with Gasteiger partial charge in [-0.2, -0.15) is 0 Å². The molecule has 128 valence electrons. The second kappa shape index (κ2) is 6.60. The second-order valence-electron chi connectivity index (χ2n) is 6.47. The lowest BCUT2D eigenvalue weighted by atomic mass is 9.79. The van der Waals surface area contributed by atoms with Crippen LogP contribution in [-0.2, 0) is 10.4 Å². The zero-order chi connectivity index (χ0) is 18.0. The summed E-state index contributed by atoms with van der Waals surface area (Å²) in [7, 11) is 0. The number of rotatable bonds is 4. The van der Waals surface area contributed by atoms with Crippen molar-refractivity contribution in [3.05, 3.63) is 107 Å². The van der Waals surface area contributed by atoms with Gasteiger partial charge in [-0.25, -0.2) is 0 Å². The maximum absolute atomic E-state index is 12.3. The van der Waals surface area contributed by atoms with Crippen molar-refractivity contribution in [3.8, 4) is 0 Å². The third kappa shape index (κ3) is 2.72. The Labute approximate surface area is 152 Å². The van der Waals surface area contributed by atoms with Gasteiger partial charge in [0.15, 0.2) is 11.4 Å². The Morgan fingerprint density at radius 3 is 2.19 bits per heavy atom. The molecule has 0 aromatic heterocycles. The molecule has 0 aliphatic carbocycles. The van der Waals surface area contributed by atoms with E-state index in [4.69, 9.17) is 4.84 Å². The van der Waals surface area contributed by atoms with Gasteiger partial charge in [0.25, 0.3) is 0 Å². The molecule has 0 saturated heterocycles. The summed E-state index contributed by atoms with van der Waals surface area (Å²) < 4.78 is 0.